The largest absolute Gasteiger partial charge is 0.491 e. The van der Waals surface area contributed by atoms with Gasteiger partial charge in [0.15, 0.2) is 0 Å². The lowest BCUT2D eigenvalue weighted by Gasteiger charge is -2.12. The first kappa shape index (κ1) is 16.4. The Bertz CT molecular complexity index is 866. The molecule has 3 rings (SSSR count). The van der Waals surface area contributed by atoms with Crippen molar-refractivity contribution >= 4 is 15.7 Å². The molecule has 126 valence electrons. The van der Waals surface area contributed by atoms with Crippen LogP contribution in [0.5, 0.6) is 5.75 Å². The molecule has 1 unspecified atom stereocenters. The second-order valence-corrected chi connectivity index (χ2v) is 7.12. The summed E-state index contributed by atoms with van der Waals surface area (Å²) in [4.78, 5) is 11.7. The van der Waals surface area contributed by atoms with E-state index in [-0.39, 0.29) is 11.6 Å². The average molecular weight is 353 g/mol. The average Bonchev–Trinajstić information content (AvgIpc) is 2.98. The number of halogens is 2. The molecule has 1 amide bonds. The van der Waals surface area contributed by atoms with Crippen molar-refractivity contribution in [3.05, 3.63) is 59.7 Å². The zero-order chi connectivity index (χ0) is 17.3. The Hall–Kier alpha value is -2.48. The summed E-state index contributed by atoms with van der Waals surface area (Å²) in [7, 11) is -4.67. The Morgan fingerprint density at radius 1 is 1.12 bits per heavy atom. The van der Waals surface area contributed by atoms with E-state index in [0.29, 0.717) is 12.4 Å². The molecule has 1 atom stereocenters. The van der Waals surface area contributed by atoms with Gasteiger partial charge in [-0.05, 0) is 30.3 Å². The van der Waals surface area contributed by atoms with Crippen LogP contribution >= 0.6 is 0 Å². The second-order valence-electron chi connectivity index (χ2n) is 5.20. The number of benzene rings is 2. The van der Waals surface area contributed by atoms with Crippen LogP contribution < -0.4 is 10.1 Å². The molecule has 1 aliphatic heterocycles. The third-order valence-electron chi connectivity index (χ3n) is 3.68. The van der Waals surface area contributed by atoms with E-state index in [1.165, 1.54) is 12.1 Å². The van der Waals surface area contributed by atoms with E-state index >= 15 is 0 Å². The predicted octanol–water partition coefficient (Wildman–Crippen LogP) is 2.55. The molecule has 0 spiro atoms. The third kappa shape index (κ3) is 2.96. The summed E-state index contributed by atoms with van der Waals surface area (Å²) in [5.74, 6) is -3.24. The number of hydrogen-bond acceptors (Lipinski definition) is 4. The fourth-order valence-electron chi connectivity index (χ4n) is 2.42. The van der Waals surface area contributed by atoms with Gasteiger partial charge in [0.25, 0.3) is 5.91 Å². The standard InChI is InChI=1S/C16H13F2NO4S/c17-16(18)24(21,22)11-7-5-10(6-8-11)15(20)19-13-9-23-14-4-2-1-3-12(13)14/h1-8,13,16H,9H2,(H,19,20). The molecule has 1 aliphatic rings. The van der Waals surface area contributed by atoms with Crippen LogP contribution in [0.4, 0.5) is 8.78 Å². The number of fused-ring (bicyclic) bond motifs is 1. The number of carbonyl (C=O) groups excluding carboxylic acids is 1. The summed E-state index contributed by atoms with van der Waals surface area (Å²) in [6.45, 7) is 0.295. The number of hydrogen-bond donors (Lipinski definition) is 1. The molecule has 0 aliphatic carbocycles. The van der Waals surface area contributed by atoms with Gasteiger partial charge in [0.05, 0.1) is 10.9 Å². The smallest absolute Gasteiger partial charge is 0.341 e. The number of sulfone groups is 1. The summed E-state index contributed by atoms with van der Waals surface area (Å²) in [6.07, 6.45) is 0. The molecule has 2 aromatic carbocycles. The Kier molecular flexibility index (Phi) is 4.23. The van der Waals surface area contributed by atoms with E-state index in [4.69, 9.17) is 4.74 Å². The highest BCUT2D eigenvalue weighted by atomic mass is 32.2. The highest BCUT2D eigenvalue weighted by Gasteiger charge is 2.28. The lowest BCUT2D eigenvalue weighted by Crippen LogP contribution is -2.29. The van der Waals surface area contributed by atoms with Gasteiger partial charge in [-0.3, -0.25) is 4.79 Å². The topological polar surface area (TPSA) is 72.5 Å². The lowest BCUT2D eigenvalue weighted by atomic mass is 10.1. The number of rotatable bonds is 4. The van der Waals surface area contributed by atoms with Crippen molar-refractivity contribution in [2.45, 2.75) is 16.7 Å². The molecule has 0 fully saturated rings. The predicted molar refractivity (Wildman–Crippen MR) is 81.8 cm³/mol. The van der Waals surface area contributed by atoms with Crippen LogP contribution in [-0.4, -0.2) is 26.7 Å². The van der Waals surface area contributed by atoms with E-state index in [0.717, 1.165) is 17.7 Å². The van der Waals surface area contributed by atoms with Gasteiger partial charge >= 0.3 is 5.76 Å². The van der Waals surface area contributed by atoms with Crippen LogP contribution in [0.15, 0.2) is 53.4 Å². The van der Waals surface area contributed by atoms with Crippen molar-refractivity contribution in [3.8, 4) is 5.75 Å². The van der Waals surface area contributed by atoms with Gasteiger partial charge in [0, 0.05) is 11.1 Å². The first-order valence-electron chi connectivity index (χ1n) is 7.04. The first-order valence-corrected chi connectivity index (χ1v) is 8.59. The zero-order valence-corrected chi connectivity index (χ0v) is 13.1. The zero-order valence-electron chi connectivity index (χ0n) is 12.3. The van der Waals surface area contributed by atoms with Gasteiger partial charge in [-0.1, -0.05) is 18.2 Å². The van der Waals surface area contributed by atoms with Gasteiger partial charge < -0.3 is 10.1 Å². The van der Waals surface area contributed by atoms with Crippen molar-refractivity contribution in [1.82, 2.24) is 5.32 Å². The van der Waals surface area contributed by atoms with Crippen molar-refractivity contribution in [3.63, 3.8) is 0 Å². The summed E-state index contributed by atoms with van der Waals surface area (Å²) in [5.41, 5.74) is 1.02. The Balaban J connectivity index is 1.75. The summed E-state index contributed by atoms with van der Waals surface area (Å²) in [6, 6.07) is 11.4. The number of amides is 1. The molecule has 0 bridgehead atoms. The summed E-state index contributed by atoms with van der Waals surface area (Å²) < 4.78 is 53.2. The summed E-state index contributed by atoms with van der Waals surface area (Å²) >= 11 is 0. The highest BCUT2D eigenvalue weighted by Crippen LogP contribution is 2.31. The fraction of sp³-hybridized carbons (Fsp3) is 0.188. The van der Waals surface area contributed by atoms with Gasteiger partial charge in [0.1, 0.15) is 12.4 Å². The van der Waals surface area contributed by atoms with Crippen LogP contribution in [-0.2, 0) is 9.84 Å². The Morgan fingerprint density at radius 2 is 1.79 bits per heavy atom. The van der Waals surface area contributed by atoms with Crippen molar-refractivity contribution in [2.24, 2.45) is 0 Å². The minimum absolute atomic E-state index is 0.174. The maximum absolute atomic E-state index is 12.5. The van der Waals surface area contributed by atoms with E-state index in [1.54, 1.807) is 6.07 Å². The van der Waals surface area contributed by atoms with E-state index in [2.05, 4.69) is 5.32 Å². The van der Waals surface area contributed by atoms with Gasteiger partial charge in [-0.15, -0.1) is 0 Å². The number of para-hydroxylation sites is 1. The normalized spacial score (nSPS) is 16.5. The fourth-order valence-corrected chi connectivity index (χ4v) is 3.14. The van der Waals surface area contributed by atoms with Crippen molar-refractivity contribution < 1.29 is 26.7 Å². The molecule has 0 radical (unpaired) electrons. The number of carbonyl (C=O) groups is 1. The number of alkyl halides is 2. The lowest BCUT2D eigenvalue weighted by molar-refractivity contribution is 0.0930. The van der Waals surface area contributed by atoms with Crippen molar-refractivity contribution in [1.29, 1.82) is 0 Å². The third-order valence-corrected chi connectivity index (χ3v) is 5.08. The van der Waals surface area contributed by atoms with Crippen molar-refractivity contribution in [2.75, 3.05) is 6.61 Å². The van der Waals surface area contributed by atoms with Crippen LogP contribution in [0, 0.1) is 0 Å². The van der Waals surface area contributed by atoms with Gasteiger partial charge in [-0.25, -0.2) is 8.42 Å². The maximum Gasteiger partial charge on any atom is 0.341 e. The summed E-state index contributed by atoms with van der Waals surface area (Å²) in [5, 5.41) is 2.77. The molecule has 24 heavy (non-hydrogen) atoms. The van der Waals surface area contributed by atoms with Crippen LogP contribution in [0.3, 0.4) is 0 Å². The molecule has 0 saturated carbocycles. The molecular weight excluding hydrogens is 340 g/mol. The van der Waals surface area contributed by atoms with E-state index in [1.807, 2.05) is 18.2 Å². The highest BCUT2D eigenvalue weighted by molar-refractivity contribution is 7.91. The van der Waals surface area contributed by atoms with Crippen LogP contribution in [0.1, 0.15) is 22.0 Å². The molecule has 5 nitrogen and oxygen atoms in total. The molecule has 0 saturated heterocycles. The van der Waals surface area contributed by atoms with Crippen LogP contribution in [0.25, 0.3) is 0 Å². The second kappa shape index (κ2) is 6.20. The van der Waals surface area contributed by atoms with Crippen LogP contribution in [0.2, 0.25) is 0 Å². The van der Waals surface area contributed by atoms with Gasteiger partial charge in [0.2, 0.25) is 9.84 Å². The Morgan fingerprint density at radius 3 is 2.46 bits per heavy atom. The quantitative estimate of drug-likeness (QED) is 0.917. The number of ether oxygens (including phenoxy) is 1. The molecule has 1 N–H and O–H groups in total. The molecule has 8 heteroatoms. The maximum atomic E-state index is 12.5. The number of nitrogens with one attached hydrogen (secondary N) is 1. The molecule has 0 aromatic heterocycles. The minimum Gasteiger partial charge on any atom is -0.491 e. The Labute approximate surface area is 137 Å². The molecule has 2 aromatic rings. The minimum atomic E-state index is -4.67. The first-order chi connectivity index (χ1) is 11.4. The molecular formula is C16H13F2NO4S. The SMILES string of the molecule is O=C(NC1COc2ccccc21)c1ccc(S(=O)(=O)C(F)F)cc1. The van der Waals surface area contributed by atoms with E-state index in [9.17, 15) is 22.0 Å². The van der Waals surface area contributed by atoms with E-state index < -0.39 is 26.4 Å². The van der Waals surface area contributed by atoms with Gasteiger partial charge in [-0.2, -0.15) is 8.78 Å². The molecule has 1 heterocycles. The monoisotopic (exact) mass is 353 g/mol.